The highest BCUT2D eigenvalue weighted by Gasteiger charge is 2.60. The highest BCUT2D eigenvalue weighted by Crippen LogP contribution is 2.68. The van der Waals surface area contributed by atoms with E-state index in [0.717, 1.165) is 49.4 Å². The van der Waals surface area contributed by atoms with Crippen LogP contribution in [0.3, 0.4) is 0 Å². The minimum atomic E-state index is -0.0617. The Morgan fingerprint density at radius 1 is 1.07 bits per heavy atom. The van der Waals surface area contributed by atoms with Crippen LogP contribution in [0.5, 0.6) is 0 Å². The summed E-state index contributed by atoms with van der Waals surface area (Å²) in [4.78, 5) is 23.7. The summed E-state index contributed by atoms with van der Waals surface area (Å²) in [6, 6.07) is 0. The molecule has 4 saturated carbocycles. The van der Waals surface area contributed by atoms with E-state index < -0.39 is 0 Å². The molecule has 28 heavy (non-hydrogen) atoms. The minimum absolute atomic E-state index is 0.0617. The van der Waals surface area contributed by atoms with E-state index in [-0.39, 0.29) is 5.97 Å². The van der Waals surface area contributed by atoms with Crippen LogP contribution in [0.25, 0.3) is 0 Å². The number of Topliss-reactive ketones (excluding diaryl/α,β-unsaturated/α-hetero) is 1. The maximum absolute atomic E-state index is 12.1. The molecule has 158 valence electrons. The predicted molar refractivity (Wildman–Crippen MR) is 111 cm³/mol. The number of hydrogen-bond donors (Lipinski definition) is 0. The van der Waals surface area contributed by atoms with Gasteiger partial charge in [0, 0.05) is 19.3 Å². The van der Waals surface area contributed by atoms with Gasteiger partial charge in [-0.1, -0.05) is 20.8 Å². The molecule has 0 N–H and O–H groups in total. The highest BCUT2D eigenvalue weighted by molar-refractivity contribution is 5.79. The smallest absolute Gasteiger partial charge is 0.305 e. The molecule has 4 aliphatic rings. The van der Waals surface area contributed by atoms with E-state index in [1.165, 1.54) is 45.6 Å². The standard InChI is InChI=1S/C25H40O3/c1-16(5-10-23(27)28-4)20-8-9-21-19-7-6-17-15-18(26)11-13-24(17,2)22(19)12-14-25(20,21)3/h16-17,19-22H,5-15H2,1-4H3/t16?,17-,19+,20?,21+,22+,24+,25-/m1/s1. The summed E-state index contributed by atoms with van der Waals surface area (Å²) >= 11 is 0. The number of ether oxygens (including phenoxy) is 1. The quantitative estimate of drug-likeness (QED) is 0.571. The van der Waals surface area contributed by atoms with Crippen molar-refractivity contribution in [2.75, 3.05) is 7.11 Å². The van der Waals surface area contributed by atoms with Crippen molar-refractivity contribution in [3.8, 4) is 0 Å². The van der Waals surface area contributed by atoms with Gasteiger partial charge < -0.3 is 4.74 Å². The number of esters is 1. The van der Waals surface area contributed by atoms with Crippen molar-refractivity contribution in [3.63, 3.8) is 0 Å². The van der Waals surface area contributed by atoms with Gasteiger partial charge in [0.1, 0.15) is 5.78 Å². The summed E-state index contributed by atoms with van der Waals surface area (Å²) < 4.78 is 4.87. The summed E-state index contributed by atoms with van der Waals surface area (Å²) in [5, 5.41) is 0. The van der Waals surface area contributed by atoms with Crippen molar-refractivity contribution in [1.82, 2.24) is 0 Å². The van der Waals surface area contributed by atoms with Crippen LogP contribution in [-0.2, 0) is 14.3 Å². The molecule has 0 aromatic rings. The number of rotatable bonds is 4. The highest BCUT2D eigenvalue weighted by atomic mass is 16.5. The Kier molecular flexibility index (Phi) is 5.42. The Morgan fingerprint density at radius 2 is 1.82 bits per heavy atom. The lowest BCUT2D eigenvalue weighted by Gasteiger charge is -2.60. The normalized spacial score (nSPS) is 46.3. The first-order valence-corrected chi connectivity index (χ1v) is 11.9. The molecular weight excluding hydrogens is 348 g/mol. The van der Waals surface area contributed by atoms with Crippen LogP contribution in [0.4, 0.5) is 0 Å². The van der Waals surface area contributed by atoms with Crippen molar-refractivity contribution in [2.45, 2.75) is 91.4 Å². The molecule has 8 atom stereocenters. The first-order chi connectivity index (χ1) is 13.3. The van der Waals surface area contributed by atoms with E-state index in [9.17, 15) is 9.59 Å². The molecule has 4 aliphatic carbocycles. The molecule has 2 unspecified atom stereocenters. The van der Waals surface area contributed by atoms with Gasteiger partial charge in [-0.25, -0.2) is 0 Å². The van der Waals surface area contributed by atoms with Gasteiger partial charge in [-0.15, -0.1) is 0 Å². The van der Waals surface area contributed by atoms with Gasteiger partial charge in [-0.3, -0.25) is 9.59 Å². The van der Waals surface area contributed by atoms with Crippen LogP contribution in [0.1, 0.15) is 91.4 Å². The molecule has 0 amide bonds. The molecule has 0 radical (unpaired) electrons. The van der Waals surface area contributed by atoms with Gasteiger partial charge in [0.05, 0.1) is 7.11 Å². The van der Waals surface area contributed by atoms with Crippen LogP contribution in [0, 0.1) is 46.3 Å². The SMILES string of the molecule is COC(=O)CCC(C)C1CC[C@H]2[C@@H]3CC[C@@H]4CC(=O)CC[C@]4(C)[C@H]3CC[C@]12C. The first-order valence-electron chi connectivity index (χ1n) is 11.9. The first kappa shape index (κ1) is 20.4. The topological polar surface area (TPSA) is 43.4 Å². The van der Waals surface area contributed by atoms with E-state index in [2.05, 4.69) is 20.8 Å². The fraction of sp³-hybridized carbons (Fsp3) is 0.920. The third kappa shape index (κ3) is 3.16. The van der Waals surface area contributed by atoms with E-state index >= 15 is 0 Å². The monoisotopic (exact) mass is 388 g/mol. The summed E-state index contributed by atoms with van der Waals surface area (Å²) in [5.74, 6) is 5.01. The van der Waals surface area contributed by atoms with Crippen molar-refractivity contribution >= 4 is 11.8 Å². The van der Waals surface area contributed by atoms with Crippen LogP contribution in [0.2, 0.25) is 0 Å². The number of hydrogen-bond acceptors (Lipinski definition) is 3. The lowest BCUT2D eigenvalue weighted by molar-refractivity contribution is -0.141. The summed E-state index contributed by atoms with van der Waals surface area (Å²) in [7, 11) is 1.50. The molecule has 0 aliphatic heterocycles. The molecule has 0 spiro atoms. The molecule has 0 saturated heterocycles. The van der Waals surface area contributed by atoms with Crippen molar-refractivity contribution in [2.24, 2.45) is 46.3 Å². The number of methoxy groups -OCH3 is 1. The molecule has 4 fully saturated rings. The van der Waals surface area contributed by atoms with Gasteiger partial charge in [0.15, 0.2) is 0 Å². The molecule has 0 aromatic heterocycles. The molecule has 3 heteroatoms. The van der Waals surface area contributed by atoms with Gasteiger partial charge in [-0.2, -0.15) is 0 Å². The van der Waals surface area contributed by atoms with Crippen LogP contribution < -0.4 is 0 Å². The van der Waals surface area contributed by atoms with E-state index in [0.29, 0.717) is 34.9 Å². The van der Waals surface area contributed by atoms with E-state index in [1.807, 2.05) is 0 Å². The third-order valence-corrected chi connectivity index (χ3v) is 10.3. The molecule has 3 nitrogen and oxygen atoms in total. The average Bonchev–Trinajstić information content (AvgIpc) is 3.03. The van der Waals surface area contributed by atoms with Crippen LogP contribution in [-0.4, -0.2) is 18.9 Å². The maximum Gasteiger partial charge on any atom is 0.305 e. The minimum Gasteiger partial charge on any atom is -0.469 e. The molecule has 0 bridgehead atoms. The van der Waals surface area contributed by atoms with E-state index in [4.69, 9.17) is 4.74 Å². The maximum atomic E-state index is 12.1. The second-order valence-corrected chi connectivity index (χ2v) is 11.2. The lowest BCUT2D eigenvalue weighted by atomic mass is 9.44. The Bertz CT molecular complexity index is 627. The summed E-state index contributed by atoms with van der Waals surface area (Å²) in [6.45, 7) is 7.49. The second kappa shape index (κ2) is 7.43. The zero-order chi connectivity index (χ0) is 20.1. The fourth-order valence-corrected chi connectivity index (χ4v) is 8.67. The number of ketones is 1. The number of fused-ring (bicyclic) bond motifs is 5. The molecule has 0 aromatic carbocycles. The van der Waals surface area contributed by atoms with Crippen LogP contribution >= 0.6 is 0 Å². The molecule has 4 rings (SSSR count). The van der Waals surface area contributed by atoms with Crippen LogP contribution in [0.15, 0.2) is 0 Å². The van der Waals surface area contributed by atoms with E-state index in [1.54, 1.807) is 0 Å². The van der Waals surface area contributed by atoms with Gasteiger partial charge in [0.2, 0.25) is 0 Å². The number of carbonyl (C=O) groups excluding carboxylic acids is 2. The Labute approximate surface area is 171 Å². The summed E-state index contributed by atoms with van der Waals surface area (Å²) in [6.07, 6.45) is 12.4. The second-order valence-electron chi connectivity index (χ2n) is 11.2. The summed E-state index contributed by atoms with van der Waals surface area (Å²) in [5.41, 5.74) is 0.858. The molecular formula is C25H40O3. The number of carbonyl (C=O) groups is 2. The lowest BCUT2D eigenvalue weighted by Crippen LogP contribution is -2.53. The fourth-order valence-electron chi connectivity index (χ4n) is 8.67. The van der Waals surface area contributed by atoms with Gasteiger partial charge >= 0.3 is 5.97 Å². The Morgan fingerprint density at radius 3 is 2.57 bits per heavy atom. The average molecular weight is 389 g/mol. The zero-order valence-electron chi connectivity index (χ0n) is 18.5. The Hall–Kier alpha value is -0.860. The third-order valence-electron chi connectivity index (χ3n) is 10.3. The Balaban J connectivity index is 1.49. The molecule has 0 heterocycles. The van der Waals surface area contributed by atoms with Crippen molar-refractivity contribution < 1.29 is 14.3 Å². The van der Waals surface area contributed by atoms with Gasteiger partial charge in [-0.05, 0) is 97.7 Å². The van der Waals surface area contributed by atoms with Crippen molar-refractivity contribution in [3.05, 3.63) is 0 Å². The largest absolute Gasteiger partial charge is 0.469 e. The van der Waals surface area contributed by atoms with Gasteiger partial charge in [0.25, 0.3) is 0 Å². The zero-order valence-corrected chi connectivity index (χ0v) is 18.5. The van der Waals surface area contributed by atoms with Crippen molar-refractivity contribution in [1.29, 1.82) is 0 Å². The predicted octanol–water partition coefficient (Wildman–Crippen LogP) is 5.80.